The van der Waals surface area contributed by atoms with Gasteiger partial charge in [0.25, 0.3) is 0 Å². The number of rotatable bonds is 3. The Balaban J connectivity index is 2.34. The zero-order valence-corrected chi connectivity index (χ0v) is 11.2. The van der Waals surface area contributed by atoms with E-state index >= 15 is 0 Å². The van der Waals surface area contributed by atoms with Gasteiger partial charge in [0, 0.05) is 16.5 Å². The Morgan fingerprint density at radius 1 is 1.31 bits per heavy atom. The molecular weight excluding hydrogens is 315 g/mol. The van der Waals surface area contributed by atoms with Gasteiger partial charge in [-0.15, -0.1) is 0 Å². The zero-order chi connectivity index (χ0) is 11.5. The van der Waals surface area contributed by atoms with Crippen molar-refractivity contribution in [1.82, 2.24) is 4.98 Å². The van der Waals surface area contributed by atoms with E-state index < -0.39 is 0 Å². The zero-order valence-electron chi connectivity index (χ0n) is 9.03. The first-order valence-electron chi connectivity index (χ1n) is 5.06. The molecule has 0 radical (unpaired) electrons. The highest BCUT2D eigenvalue weighted by molar-refractivity contribution is 14.1. The van der Waals surface area contributed by atoms with E-state index in [0.29, 0.717) is 12.4 Å². The van der Waals surface area contributed by atoms with E-state index in [4.69, 9.17) is 10.2 Å². The lowest BCUT2D eigenvalue weighted by Crippen LogP contribution is -1.95. The molecule has 2 rings (SSSR count). The molecule has 4 heteroatoms. The smallest absolute Gasteiger partial charge is 0.226 e. The van der Waals surface area contributed by atoms with Crippen LogP contribution < -0.4 is 5.73 Å². The van der Waals surface area contributed by atoms with Gasteiger partial charge in [-0.1, -0.05) is 34.7 Å². The topological polar surface area (TPSA) is 52.0 Å². The number of oxazole rings is 1. The molecule has 1 aromatic heterocycles. The van der Waals surface area contributed by atoms with E-state index in [9.17, 15) is 0 Å². The van der Waals surface area contributed by atoms with Crippen molar-refractivity contribution in [3.63, 3.8) is 0 Å². The normalized spacial score (nSPS) is 10.7. The van der Waals surface area contributed by atoms with Gasteiger partial charge in [-0.2, -0.15) is 0 Å². The molecule has 0 saturated heterocycles. The molecule has 1 aromatic carbocycles. The van der Waals surface area contributed by atoms with Crippen molar-refractivity contribution in [2.24, 2.45) is 5.73 Å². The van der Waals surface area contributed by atoms with Crippen molar-refractivity contribution < 1.29 is 4.42 Å². The molecule has 0 unspecified atom stereocenters. The molecule has 0 amide bonds. The molecule has 16 heavy (non-hydrogen) atoms. The van der Waals surface area contributed by atoms with E-state index in [-0.39, 0.29) is 0 Å². The number of nitrogens with two attached hydrogens (primary N) is 1. The van der Waals surface area contributed by atoms with Crippen LogP contribution in [0.3, 0.4) is 0 Å². The summed E-state index contributed by atoms with van der Waals surface area (Å²) in [4.78, 5) is 4.45. The summed E-state index contributed by atoms with van der Waals surface area (Å²) in [6, 6.07) is 7.98. The highest BCUT2D eigenvalue weighted by Crippen LogP contribution is 2.23. The fourth-order valence-corrected chi connectivity index (χ4v) is 2.17. The van der Waals surface area contributed by atoms with Gasteiger partial charge in [0.2, 0.25) is 5.89 Å². The molecule has 0 aliphatic rings. The van der Waals surface area contributed by atoms with Crippen molar-refractivity contribution in [3.05, 3.63) is 41.3 Å². The minimum Gasteiger partial charge on any atom is -0.441 e. The van der Waals surface area contributed by atoms with Crippen LogP contribution in [0.5, 0.6) is 0 Å². The summed E-state index contributed by atoms with van der Waals surface area (Å²) in [6.07, 6.45) is 0. The van der Waals surface area contributed by atoms with Crippen LogP contribution in [0.1, 0.15) is 17.0 Å². The quantitative estimate of drug-likeness (QED) is 0.696. The molecule has 0 fully saturated rings. The van der Waals surface area contributed by atoms with E-state index in [1.807, 2.05) is 31.2 Å². The molecule has 0 aliphatic heterocycles. The fraction of sp³-hybridized carbons (Fsp3) is 0.250. The lowest BCUT2D eigenvalue weighted by Gasteiger charge is -1.97. The number of nitrogens with zero attached hydrogens (tertiary/aromatic N) is 1. The number of halogens is 1. The van der Waals surface area contributed by atoms with Gasteiger partial charge in [-0.05, 0) is 24.6 Å². The van der Waals surface area contributed by atoms with Crippen molar-refractivity contribution >= 4 is 22.6 Å². The minimum atomic E-state index is 0.559. The highest BCUT2D eigenvalue weighted by Gasteiger charge is 2.09. The first-order chi connectivity index (χ1) is 7.74. The SMILES string of the molecule is Cc1oc(-c2ccc(CN)cc2)nc1CI. The van der Waals surface area contributed by atoms with Crippen molar-refractivity contribution in [2.45, 2.75) is 17.9 Å². The lowest BCUT2D eigenvalue weighted by molar-refractivity contribution is 0.540. The van der Waals surface area contributed by atoms with E-state index in [1.165, 1.54) is 0 Å². The second-order valence-electron chi connectivity index (χ2n) is 3.56. The molecule has 2 N–H and O–H groups in total. The fourth-order valence-electron chi connectivity index (χ4n) is 1.46. The third-order valence-corrected chi connectivity index (χ3v) is 3.18. The Morgan fingerprint density at radius 2 is 2.00 bits per heavy atom. The maximum absolute atomic E-state index is 5.62. The summed E-state index contributed by atoms with van der Waals surface area (Å²) in [6.45, 7) is 2.50. The summed E-state index contributed by atoms with van der Waals surface area (Å²) >= 11 is 2.28. The van der Waals surface area contributed by atoms with Gasteiger partial charge in [-0.3, -0.25) is 0 Å². The predicted octanol–water partition coefficient (Wildman–Crippen LogP) is 3.04. The maximum Gasteiger partial charge on any atom is 0.226 e. The number of benzene rings is 1. The standard InChI is InChI=1S/C12H13IN2O/c1-8-11(6-13)15-12(16-8)10-4-2-9(7-14)3-5-10/h2-5H,6-7,14H2,1H3. The first kappa shape index (κ1) is 11.6. The van der Waals surface area contributed by atoms with Crippen LogP contribution in [-0.2, 0) is 11.0 Å². The van der Waals surface area contributed by atoms with Crippen LogP contribution >= 0.6 is 22.6 Å². The van der Waals surface area contributed by atoms with Crippen molar-refractivity contribution in [1.29, 1.82) is 0 Å². The van der Waals surface area contributed by atoms with E-state index in [2.05, 4.69) is 27.6 Å². The Labute approximate surface area is 108 Å². The van der Waals surface area contributed by atoms with Crippen LogP contribution in [0.25, 0.3) is 11.5 Å². The Hall–Kier alpha value is -0.880. The third-order valence-electron chi connectivity index (χ3n) is 2.46. The van der Waals surface area contributed by atoms with Gasteiger partial charge in [0.15, 0.2) is 0 Å². The maximum atomic E-state index is 5.62. The Morgan fingerprint density at radius 3 is 2.50 bits per heavy atom. The predicted molar refractivity (Wildman–Crippen MR) is 72.3 cm³/mol. The van der Waals surface area contributed by atoms with E-state index in [0.717, 1.165) is 27.0 Å². The van der Waals surface area contributed by atoms with Gasteiger partial charge in [0.05, 0.1) is 5.69 Å². The average molecular weight is 328 g/mol. The van der Waals surface area contributed by atoms with Gasteiger partial charge < -0.3 is 10.2 Å². The van der Waals surface area contributed by atoms with Crippen molar-refractivity contribution in [3.8, 4) is 11.5 Å². The van der Waals surface area contributed by atoms with Gasteiger partial charge in [0.1, 0.15) is 5.76 Å². The van der Waals surface area contributed by atoms with Crippen molar-refractivity contribution in [2.75, 3.05) is 0 Å². The molecule has 0 spiro atoms. The Bertz CT molecular complexity index is 476. The van der Waals surface area contributed by atoms with Crippen LogP contribution in [0, 0.1) is 6.92 Å². The largest absolute Gasteiger partial charge is 0.441 e. The minimum absolute atomic E-state index is 0.559. The first-order valence-corrected chi connectivity index (χ1v) is 6.59. The number of alkyl halides is 1. The monoisotopic (exact) mass is 328 g/mol. The molecular formula is C12H13IN2O. The molecule has 0 aliphatic carbocycles. The second-order valence-corrected chi connectivity index (χ2v) is 4.32. The lowest BCUT2D eigenvalue weighted by atomic mass is 10.1. The molecule has 3 nitrogen and oxygen atoms in total. The van der Waals surface area contributed by atoms with Crippen LogP contribution in [-0.4, -0.2) is 4.98 Å². The number of hydrogen-bond donors (Lipinski definition) is 1. The molecule has 0 atom stereocenters. The van der Waals surface area contributed by atoms with Crippen LogP contribution in [0.15, 0.2) is 28.7 Å². The summed E-state index contributed by atoms with van der Waals surface area (Å²) in [5, 5.41) is 0. The molecule has 1 heterocycles. The average Bonchev–Trinajstić information content (AvgIpc) is 2.71. The summed E-state index contributed by atoms with van der Waals surface area (Å²) in [5.74, 6) is 1.58. The van der Waals surface area contributed by atoms with Gasteiger partial charge in [-0.25, -0.2) is 4.98 Å². The van der Waals surface area contributed by atoms with Gasteiger partial charge >= 0.3 is 0 Å². The number of aryl methyl sites for hydroxylation is 1. The molecule has 0 saturated carbocycles. The number of aromatic nitrogens is 1. The Kier molecular flexibility index (Phi) is 3.60. The van der Waals surface area contributed by atoms with Crippen LogP contribution in [0.4, 0.5) is 0 Å². The van der Waals surface area contributed by atoms with E-state index in [1.54, 1.807) is 0 Å². The summed E-state index contributed by atoms with van der Waals surface area (Å²) in [5.41, 5.74) is 8.67. The summed E-state index contributed by atoms with van der Waals surface area (Å²) < 4.78 is 6.49. The van der Waals surface area contributed by atoms with Crippen LogP contribution in [0.2, 0.25) is 0 Å². The molecule has 84 valence electrons. The molecule has 0 bridgehead atoms. The molecule has 2 aromatic rings. The third kappa shape index (κ3) is 2.27. The highest BCUT2D eigenvalue weighted by atomic mass is 127. The summed E-state index contributed by atoms with van der Waals surface area (Å²) in [7, 11) is 0. The number of hydrogen-bond acceptors (Lipinski definition) is 3. The second kappa shape index (κ2) is 4.97.